The molecule has 2 nitrogen and oxygen atoms in total. The fourth-order valence-corrected chi connectivity index (χ4v) is 0.741. The molecule has 0 N–H and O–H groups in total. The maximum atomic E-state index is 11.2. The zero-order valence-corrected chi connectivity index (χ0v) is 9.41. The van der Waals surface area contributed by atoms with E-state index in [1.807, 2.05) is 21.1 Å². The van der Waals surface area contributed by atoms with Crippen molar-refractivity contribution in [3.8, 4) is 0 Å². The zero-order valence-electron chi connectivity index (χ0n) is 7.90. The molecule has 0 heterocycles. The monoisotopic (exact) mass is 211 g/mol. The van der Waals surface area contributed by atoms with Crippen LogP contribution in [0.25, 0.3) is 0 Å². The summed E-state index contributed by atoms with van der Waals surface area (Å²) in [6.07, 6.45) is 0. The molecule has 0 saturated heterocycles. The lowest BCUT2D eigenvalue weighted by molar-refractivity contribution is -0.873. The van der Waals surface area contributed by atoms with Crippen LogP contribution in [0.4, 0.5) is 0 Å². The van der Waals surface area contributed by atoms with E-state index < -0.39 is 5.50 Å². The first-order valence-corrected chi connectivity index (χ1v) is 3.85. The summed E-state index contributed by atoms with van der Waals surface area (Å²) < 4.78 is 0.424. The van der Waals surface area contributed by atoms with Crippen molar-refractivity contribution in [2.24, 2.45) is 0 Å². The molecule has 0 fully saturated rings. The van der Waals surface area contributed by atoms with Crippen LogP contribution >= 0.6 is 11.6 Å². The van der Waals surface area contributed by atoms with E-state index in [1.165, 1.54) is 0 Å². The van der Waals surface area contributed by atoms with Gasteiger partial charge in [-0.1, -0.05) is 6.58 Å². The highest BCUT2D eigenvalue weighted by Crippen LogP contribution is 2.12. The van der Waals surface area contributed by atoms with Gasteiger partial charge >= 0.3 is 0 Å². The molecule has 0 aliphatic rings. The number of hydrogen-bond acceptors (Lipinski definition) is 1. The first kappa shape index (κ1) is 14.5. The molecule has 0 aliphatic heterocycles. The first-order chi connectivity index (χ1) is 4.76. The highest BCUT2D eigenvalue weighted by atomic mass is 35.5. The fourth-order valence-electron chi connectivity index (χ4n) is 0.555. The van der Waals surface area contributed by atoms with Crippen LogP contribution in [0, 0.1) is 0 Å². The molecular formula is C8H15Cl2NO. The summed E-state index contributed by atoms with van der Waals surface area (Å²) in [6.45, 7) is 5.22. The Labute approximate surface area is 85.2 Å². The van der Waals surface area contributed by atoms with E-state index in [-0.39, 0.29) is 18.2 Å². The Morgan fingerprint density at radius 2 is 1.75 bits per heavy atom. The maximum absolute atomic E-state index is 11.2. The van der Waals surface area contributed by atoms with E-state index in [4.69, 9.17) is 11.6 Å². The van der Waals surface area contributed by atoms with Gasteiger partial charge < -0.3 is 16.9 Å². The number of nitrogens with zero attached hydrogens (tertiary/aromatic N) is 1. The minimum absolute atomic E-state index is 0. The number of quaternary nitrogens is 1. The summed E-state index contributed by atoms with van der Waals surface area (Å²) >= 11 is 5.86. The van der Waals surface area contributed by atoms with E-state index in [0.29, 0.717) is 10.1 Å². The van der Waals surface area contributed by atoms with Crippen LogP contribution in [-0.4, -0.2) is 36.9 Å². The molecule has 0 rings (SSSR count). The quantitative estimate of drug-likeness (QED) is 0.238. The molecule has 0 aromatic heterocycles. The number of carbonyl (C=O) groups excluding carboxylic acids is 1. The second-order valence-electron chi connectivity index (χ2n) is 3.60. The molecule has 12 heavy (non-hydrogen) atoms. The molecule has 0 aromatic rings. The molecule has 0 amide bonds. The minimum Gasteiger partial charge on any atom is -1.00 e. The topological polar surface area (TPSA) is 17.1 Å². The van der Waals surface area contributed by atoms with E-state index in [2.05, 4.69) is 6.58 Å². The molecule has 1 unspecified atom stereocenters. The van der Waals surface area contributed by atoms with Gasteiger partial charge in [0, 0.05) is 0 Å². The smallest absolute Gasteiger partial charge is 0.231 e. The molecule has 0 aromatic carbocycles. The Morgan fingerprint density at radius 3 is 1.83 bits per heavy atom. The average molecular weight is 212 g/mol. The normalized spacial score (nSPS) is 13.1. The van der Waals surface area contributed by atoms with E-state index >= 15 is 0 Å². The van der Waals surface area contributed by atoms with Gasteiger partial charge in [-0.05, 0) is 24.1 Å². The largest absolute Gasteiger partial charge is 1.00 e. The van der Waals surface area contributed by atoms with Crippen LogP contribution in [0.2, 0.25) is 0 Å². The van der Waals surface area contributed by atoms with Crippen LogP contribution in [-0.2, 0) is 4.79 Å². The number of rotatable bonds is 3. The van der Waals surface area contributed by atoms with Crippen molar-refractivity contribution in [2.75, 3.05) is 21.1 Å². The van der Waals surface area contributed by atoms with Crippen molar-refractivity contribution >= 4 is 17.4 Å². The van der Waals surface area contributed by atoms with Gasteiger partial charge in [-0.3, -0.25) is 4.79 Å². The second-order valence-corrected chi connectivity index (χ2v) is 4.01. The van der Waals surface area contributed by atoms with Gasteiger partial charge in [-0.2, -0.15) is 0 Å². The summed E-state index contributed by atoms with van der Waals surface area (Å²) in [5.41, 5.74) is -0.00875. The SMILES string of the molecule is C=C(C)C(=O)C(Cl)[N+](C)(C)C.[Cl-]. The Hall–Kier alpha value is -0.0500. The third-order valence-corrected chi connectivity index (χ3v) is 2.10. The van der Waals surface area contributed by atoms with Crippen molar-refractivity contribution in [3.05, 3.63) is 12.2 Å². The zero-order chi connectivity index (χ0) is 9.23. The van der Waals surface area contributed by atoms with Crippen LogP contribution in [0.3, 0.4) is 0 Å². The Balaban J connectivity index is 0. The van der Waals surface area contributed by atoms with Crippen LogP contribution < -0.4 is 12.4 Å². The first-order valence-electron chi connectivity index (χ1n) is 3.41. The van der Waals surface area contributed by atoms with Crippen molar-refractivity contribution < 1.29 is 21.7 Å². The molecular weight excluding hydrogens is 197 g/mol. The second kappa shape index (κ2) is 4.85. The standard InChI is InChI=1S/C8H15ClNO.ClH/c1-6(2)7(11)8(9)10(3,4)5;/h8H,1H2,2-5H3;1H/q+1;/p-1. The highest BCUT2D eigenvalue weighted by Gasteiger charge is 2.28. The Kier molecular flexibility index (Phi) is 5.85. The average Bonchev–Trinajstić information content (AvgIpc) is 1.82. The predicted molar refractivity (Wildman–Crippen MR) is 47.5 cm³/mol. The summed E-state index contributed by atoms with van der Waals surface area (Å²) in [7, 11) is 5.62. The number of ketones is 1. The number of Topliss-reactive ketones (excluding diaryl/α,β-unsaturated/α-hetero) is 1. The van der Waals surface area contributed by atoms with Gasteiger partial charge in [0.1, 0.15) is 0 Å². The molecule has 0 radical (unpaired) electrons. The third kappa shape index (κ3) is 4.10. The lowest BCUT2D eigenvalue weighted by Crippen LogP contribution is -3.00. The number of halogens is 2. The minimum atomic E-state index is -0.521. The van der Waals surface area contributed by atoms with Crippen molar-refractivity contribution in [1.82, 2.24) is 0 Å². The van der Waals surface area contributed by atoms with Gasteiger partial charge in [0.25, 0.3) is 0 Å². The molecule has 1 atom stereocenters. The number of carbonyl (C=O) groups is 1. The van der Waals surface area contributed by atoms with Gasteiger partial charge in [0.05, 0.1) is 21.1 Å². The summed E-state index contributed by atoms with van der Waals surface area (Å²) in [6, 6.07) is 0. The van der Waals surface area contributed by atoms with Crippen molar-refractivity contribution in [3.63, 3.8) is 0 Å². The maximum Gasteiger partial charge on any atom is 0.231 e. The fraction of sp³-hybridized carbons (Fsp3) is 0.625. The van der Waals surface area contributed by atoms with E-state index in [9.17, 15) is 4.79 Å². The lowest BCUT2D eigenvalue weighted by Gasteiger charge is -2.28. The number of likely N-dealkylation sites (N-methyl/N-ethyl adjacent to an activating group) is 1. The van der Waals surface area contributed by atoms with Gasteiger partial charge in [0.2, 0.25) is 11.3 Å². The number of hydrogen-bond donors (Lipinski definition) is 0. The van der Waals surface area contributed by atoms with Crippen molar-refractivity contribution in [2.45, 2.75) is 12.4 Å². The lowest BCUT2D eigenvalue weighted by atomic mass is 10.2. The van der Waals surface area contributed by atoms with Crippen LogP contribution in [0.1, 0.15) is 6.92 Å². The van der Waals surface area contributed by atoms with Gasteiger partial charge in [-0.25, -0.2) is 0 Å². The summed E-state index contributed by atoms with van der Waals surface area (Å²) in [4.78, 5) is 11.2. The molecule has 4 heteroatoms. The Bertz CT molecular complexity index is 184. The molecule has 0 aliphatic carbocycles. The summed E-state index contributed by atoms with van der Waals surface area (Å²) in [5, 5.41) is 0. The predicted octanol–water partition coefficient (Wildman–Crippen LogP) is -1.59. The summed E-state index contributed by atoms with van der Waals surface area (Å²) in [5.74, 6) is -0.0841. The highest BCUT2D eigenvalue weighted by molar-refractivity contribution is 6.32. The van der Waals surface area contributed by atoms with E-state index in [0.717, 1.165) is 0 Å². The third-order valence-electron chi connectivity index (χ3n) is 1.32. The van der Waals surface area contributed by atoms with Crippen LogP contribution in [0.5, 0.6) is 0 Å². The van der Waals surface area contributed by atoms with Crippen LogP contribution in [0.15, 0.2) is 12.2 Å². The molecule has 0 saturated carbocycles. The molecule has 0 spiro atoms. The van der Waals surface area contributed by atoms with E-state index in [1.54, 1.807) is 6.92 Å². The molecule has 72 valence electrons. The molecule has 0 bridgehead atoms. The van der Waals surface area contributed by atoms with Gasteiger partial charge in [0.15, 0.2) is 0 Å². The Morgan fingerprint density at radius 1 is 1.42 bits per heavy atom. The van der Waals surface area contributed by atoms with Gasteiger partial charge in [-0.15, -0.1) is 0 Å². The number of alkyl halides is 1. The van der Waals surface area contributed by atoms with Crippen molar-refractivity contribution in [1.29, 1.82) is 0 Å².